The molecule has 1 aromatic rings. The SMILES string of the molecule is O=C(C=C1CCSCC1)N1CCC(C(O)c2ccccc2)CC1. The van der Waals surface area contributed by atoms with E-state index in [9.17, 15) is 9.90 Å². The van der Waals surface area contributed by atoms with Gasteiger partial charge in [-0.15, -0.1) is 0 Å². The van der Waals surface area contributed by atoms with Crippen LogP contribution in [0, 0.1) is 5.92 Å². The summed E-state index contributed by atoms with van der Waals surface area (Å²) in [6.07, 6.45) is 5.32. The number of allylic oxidation sites excluding steroid dienone is 1. The van der Waals surface area contributed by atoms with Gasteiger partial charge in [-0.1, -0.05) is 35.9 Å². The van der Waals surface area contributed by atoms with Crippen LogP contribution in [0.5, 0.6) is 0 Å². The number of aliphatic hydroxyl groups is 1. The minimum absolute atomic E-state index is 0.166. The molecule has 0 aromatic heterocycles. The number of rotatable bonds is 3. The maximum Gasteiger partial charge on any atom is 0.246 e. The molecule has 0 radical (unpaired) electrons. The average molecular weight is 331 g/mol. The number of piperidine rings is 1. The van der Waals surface area contributed by atoms with Crippen molar-refractivity contribution in [1.82, 2.24) is 4.90 Å². The number of benzene rings is 1. The van der Waals surface area contributed by atoms with Crippen LogP contribution >= 0.6 is 11.8 Å². The van der Waals surface area contributed by atoms with Gasteiger partial charge in [0.05, 0.1) is 6.10 Å². The Balaban J connectivity index is 1.53. The first-order valence-corrected chi connectivity index (χ1v) is 9.68. The summed E-state index contributed by atoms with van der Waals surface area (Å²) in [5.74, 6) is 2.70. The second-order valence-corrected chi connectivity index (χ2v) is 7.66. The third kappa shape index (κ3) is 4.39. The van der Waals surface area contributed by atoms with Gasteiger partial charge in [-0.3, -0.25) is 4.79 Å². The van der Waals surface area contributed by atoms with Crippen LogP contribution < -0.4 is 0 Å². The lowest BCUT2D eigenvalue weighted by molar-refractivity contribution is -0.128. The zero-order chi connectivity index (χ0) is 16.1. The molecule has 2 aliphatic rings. The number of thioether (sulfide) groups is 1. The van der Waals surface area contributed by atoms with Crippen molar-refractivity contribution in [2.24, 2.45) is 5.92 Å². The van der Waals surface area contributed by atoms with Crippen LogP contribution in [0.15, 0.2) is 42.0 Å². The summed E-state index contributed by atoms with van der Waals surface area (Å²) in [5.41, 5.74) is 2.29. The summed E-state index contributed by atoms with van der Waals surface area (Å²) in [6.45, 7) is 1.51. The molecule has 23 heavy (non-hydrogen) atoms. The molecular formula is C19H25NO2S. The summed E-state index contributed by atoms with van der Waals surface area (Å²) in [5, 5.41) is 10.5. The molecule has 3 rings (SSSR count). The lowest BCUT2D eigenvalue weighted by atomic mass is 9.87. The van der Waals surface area contributed by atoms with Gasteiger partial charge in [0.25, 0.3) is 0 Å². The molecule has 0 bridgehead atoms. The van der Waals surface area contributed by atoms with E-state index >= 15 is 0 Å². The van der Waals surface area contributed by atoms with E-state index in [2.05, 4.69) is 0 Å². The van der Waals surface area contributed by atoms with E-state index in [0.29, 0.717) is 0 Å². The van der Waals surface area contributed by atoms with Gasteiger partial charge in [-0.05, 0) is 48.7 Å². The van der Waals surface area contributed by atoms with E-state index in [4.69, 9.17) is 0 Å². The summed E-state index contributed by atoms with van der Waals surface area (Å²) in [6, 6.07) is 9.86. The highest BCUT2D eigenvalue weighted by atomic mass is 32.2. The Morgan fingerprint density at radius 3 is 2.48 bits per heavy atom. The van der Waals surface area contributed by atoms with Gasteiger partial charge in [0.1, 0.15) is 0 Å². The molecule has 1 N–H and O–H groups in total. The summed E-state index contributed by atoms with van der Waals surface area (Å²) >= 11 is 1.97. The second kappa shape index (κ2) is 8.02. The first-order chi connectivity index (χ1) is 11.2. The van der Waals surface area contributed by atoms with Gasteiger partial charge >= 0.3 is 0 Å². The number of aliphatic hydroxyl groups excluding tert-OH is 1. The normalized spacial score (nSPS) is 21.1. The molecular weight excluding hydrogens is 306 g/mol. The van der Waals surface area contributed by atoms with Crippen LogP contribution in [-0.2, 0) is 4.79 Å². The monoisotopic (exact) mass is 331 g/mol. The maximum absolute atomic E-state index is 12.4. The Labute approximate surface area is 142 Å². The Morgan fingerprint density at radius 2 is 1.83 bits per heavy atom. The maximum atomic E-state index is 12.4. The van der Waals surface area contributed by atoms with Gasteiger partial charge < -0.3 is 10.0 Å². The van der Waals surface area contributed by atoms with Crippen LogP contribution in [-0.4, -0.2) is 40.5 Å². The largest absolute Gasteiger partial charge is 0.388 e. The average Bonchev–Trinajstić information content (AvgIpc) is 2.63. The first kappa shape index (κ1) is 16.6. The van der Waals surface area contributed by atoms with Crippen molar-refractivity contribution < 1.29 is 9.90 Å². The molecule has 2 aliphatic heterocycles. The molecule has 2 saturated heterocycles. The van der Waals surface area contributed by atoms with E-state index in [0.717, 1.165) is 55.8 Å². The Bertz CT molecular complexity index is 542. The molecule has 0 spiro atoms. The molecule has 0 saturated carbocycles. The molecule has 1 atom stereocenters. The van der Waals surface area contributed by atoms with Crippen molar-refractivity contribution in [1.29, 1.82) is 0 Å². The van der Waals surface area contributed by atoms with Gasteiger partial charge in [-0.25, -0.2) is 0 Å². The molecule has 124 valence electrons. The molecule has 1 unspecified atom stereocenters. The number of carbonyl (C=O) groups excluding carboxylic acids is 1. The van der Waals surface area contributed by atoms with E-state index < -0.39 is 6.10 Å². The number of amides is 1. The molecule has 2 fully saturated rings. The zero-order valence-corrected chi connectivity index (χ0v) is 14.3. The molecule has 1 aromatic carbocycles. The van der Waals surface area contributed by atoms with Gasteiger partial charge in [-0.2, -0.15) is 11.8 Å². The zero-order valence-electron chi connectivity index (χ0n) is 13.5. The molecule has 4 heteroatoms. The highest BCUT2D eigenvalue weighted by Gasteiger charge is 2.27. The van der Waals surface area contributed by atoms with Crippen LogP contribution in [0.1, 0.15) is 37.4 Å². The van der Waals surface area contributed by atoms with Gasteiger partial charge in [0, 0.05) is 19.2 Å². The second-order valence-electron chi connectivity index (χ2n) is 6.43. The van der Waals surface area contributed by atoms with Crippen LogP contribution in [0.3, 0.4) is 0 Å². The minimum atomic E-state index is -0.415. The molecule has 1 amide bonds. The third-order valence-electron chi connectivity index (χ3n) is 4.90. The Kier molecular flexibility index (Phi) is 5.79. The Hall–Kier alpha value is -1.26. The number of hydrogen-bond acceptors (Lipinski definition) is 3. The molecule has 0 aliphatic carbocycles. The van der Waals surface area contributed by atoms with Crippen molar-refractivity contribution in [3.05, 3.63) is 47.5 Å². The van der Waals surface area contributed by atoms with Crippen molar-refractivity contribution >= 4 is 17.7 Å². The quantitative estimate of drug-likeness (QED) is 0.863. The van der Waals surface area contributed by atoms with Crippen molar-refractivity contribution in [2.75, 3.05) is 24.6 Å². The topological polar surface area (TPSA) is 40.5 Å². The Morgan fingerprint density at radius 1 is 1.17 bits per heavy atom. The lowest BCUT2D eigenvalue weighted by Gasteiger charge is -2.34. The minimum Gasteiger partial charge on any atom is -0.388 e. The van der Waals surface area contributed by atoms with Crippen LogP contribution in [0.4, 0.5) is 0 Å². The van der Waals surface area contributed by atoms with E-state index in [1.54, 1.807) is 0 Å². The summed E-state index contributed by atoms with van der Waals surface area (Å²) < 4.78 is 0. The fourth-order valence-electron chi connectivity index (χ4n) is 3.40. The highest BCUT2D eigenvalue weighted by Crippen LogP contribution is 2.31. The van der Waals surface area contributed by atoms with E-state index in [-0.39, 0.29) is 11.8 Å². The van der Waals surface area contributed by atoms with Crippen LogP contribution in [0.2, 0.25) is 0 Å². The number of nitrogens with zero attached hydrogens (tertiary/aromatic N) is 1. The summed E-state index contributed by atoms with van der Waals surface area (Å²) in [4.78, 5) is 14.3. The third-order valence-corrected chi connectivity index (χ3v) is 5.89. The fraction of sp³-hybridized carbons (Fsp3) is 0.526. The van der Waals surface area contributed by atoms with Crippen LogP contribution in [0.25, 0.3) is 0 Å². The van der Waals surface area contributed by atoms with E-state index in [1.807, 2.05) is 53.1 Å². The lowest BCUT2D eigenvalue weighted by Crippen LogP contribution is -2.39. The fourth-order valence-corrected chi connectivity index (χ4v) is 4.42. The highest BCUT2D eigenvalue weighted by molar-refractivity contribution is 7.99. The van der Waals surface area contributed by atoms with Crippen molar-refractivity contribution in [3.8, 4) is 0 Å². The first-order valence-electron chi connectivity index (χ1n) is 8.53. The van der Waals surface area contributed by atoms with E-state index in [1.165, 1.54) is 5.57 Å². The number of likely N-dealkylation sites (tertiary alicyclic amines) is 1. The molecule has 2 heterocycles. The van der Waals surface area contributed by atoms with Gasteiger partial charge in [0.2, 0.25) is 5.91 Å². The van der Waals surface area contributed by atoms with Crippen molar-refractivity contribution in [3.63, 3.8) is 0 Å². The predicted molar refractivity (Wildman–Crippen MR) is 95.3 cm³/mol. The smallest absolute Gasteiger partial charge is 0.246 e. The number of hydrogen-bond donors (Lipinski definition) is 1. The predicted octanol–water partition coefficient (Wildman–Crippen LogP) is 3.41. The van der Waals surface area contributed by atoms with Gasteiger partial charge in [0.15, 0.2) is 0 Å². The summed E-state index contributed by atoms with van der Waals surface area (Å²) in [7, 11) is 0. The standard InChI is InChI=1S/C19H25NO2S/c21-18(14-15-8-12-23-13-9-15)20-10-6-17(7-11-20)19(22)16-4-2-1-3-5-16/h1-5,14,17,19,22H,6-13H2. The number of carbonyl (C=O) groups is 1. The van der Waals surface area contributed by atoms with Crippen molar-refractivity contribution in [2.45, 2.75) is 31.8 Å². The molecule has 3 nitrogen and oxygen atoms in total.